The first-order valence-corrected chi connectivity index (χ1v) is 4.79. The van der Waals surface area contributed by atoms with Crippen LogP contribution in [0.25, 0.3) is 0 Å². The van der Waals surface area contributed by atoms with E-state index < -0.39 is 17.1 Å². The molecule has 2 atom stereocenters. The van der Waals surface area contributed by atoms with E-state index in [1.54, 1.807) is 0 Å². The third-order valence-corrected chi connectivity index (χ3v) is 3.84. The van der Waals surface area contributed by atoms with Crippen molar-refractivity contribution in [2.45, 2.75) is 38.8 Å². The quantitative estimate of drug-likeness (QED) is 0.718. The molecule has 3 heteroatoms. The number of carboxylic acid groups (broad SMARTS) is 1. The van der Waals surface area contributed by atoms with E-state index in [9.17, 15) is 9.18 Å². The lowest BCUT2D eigenvalue weighted by Crippen LogP contribution is -2.45. The molecule has 2 aliphatic carbocycles. The lowest BCUT2D eigenvalue weighted by Gasteiger charge is -2.35. The van der Waals surface area contributed by atoms with Crippen LogP contribution < -0.4 is 0 Å². The van der Waals surface area contributed by atoms with Gasteiger partial charge in [-0.1, -0.05) is 0 Å². The summed E-state index contributed by atoms with van der Waals surface area (Å²) in [7, 11) is 0. The Bertz CT molecular complexity index is 244. The Morgan fingerprint density at radius 3 is 2.15 bits per heavy atom. The lowest BCUT2D eigenvalue weighted by atomic mass is 9.71. The normalized spacial score (nSPS) is 43.0. The van der Waals surface area contributed by atoms with Crippen molar-refractivity contribution in [1.29, 1.82) is 0 Å². The Morgan fingerprint density at radius 1 is 1.46 bits per heavy atom. The van der Waals surface area contributed by atoms with Crippen LogP contribution in [0.3, 0.4) is 0 Å². The molecule has 0 aliphatic heterocycles. The highest BCUT2D eigenvalue weighted by atomic mass is 19.1. The van der Waals surface area contributed by atoms with Crippen LogP contribution in [-0.4, -0.2) is 16.7 Å². The molecule has 2 unspecified atom stereocenters. The number of hydrogen-bond acceptors (Lipinski definition) is 1. The first kappa shape index (κ1) is 8.97. The van der Waals surface area contributed by atoms with E-state index in [0.717, 1.165) is 6.42 Å². The van der Waals surface area contributed by atoms with Gasteiger partial charge in [-0.25, -0.2) is 4.39 Å². The fourth-order valence-electron chi connectivity index (χ4n) is 2.70. The van der Waals surface area contributed by atoms with Crippen LogP contribution in [0.1, 0.15) is 33.1 Å². The van der Waals surface area contributed by atoms with Gasteiger partial charge >= 0.3 is 5.97 Å². The van der Waals surface area contributed by atoms with Crippen molar-refractivity contribution in [3.63, 3.8) is 0 Å². The number of fused-ring (bicyclic) bond motifs is 1. The first-order valence-electron chi connectivity index (χ1n) is 4.79. The van der Waals surface area contributed by atoms with Crippen LogP contribution in [0.2, 0.25) is 0 Å². The van der Waals surface area contributed by atoms with Crippen molar-refractivity contribution in [1.82, 2.24) is 0 Å². The average Bonchev–Trinajstić information content (AvgIpc) is 2.56. The second kappa shape index (κ2) is 2.25. The molecule has 0 bridgehead atoms. The topological polar surface area (TPSA) is 37.3 Å². The standard InChI is InChI=1S/C10H15FO2/c1-9(2,11)10(8(12)13)4-6-3-7(6)5-10/h6-7H,3-5H2,1-2H3,(H,12,13). The number of hydrogen-bond donors (Lipinski definition) is 1. The molecule has 2 fully saturated rings. The molecular formula is C10H15FO2. The van der Waals surface area contributed by atoms with Gasteiger partial charge in [0.05, 0.1) is 0 Å². The van der Waals surface area contributed by atoms with Gasteiger partial charge < -0.3 is 5.11 Å². The van der Waals surface area contributed by atoms with Gasteiger partial charge in [0, 0.05) is 0 Å². The Balaban J connectivity index is 2.27. The number of carbonyl (C=O) groups is 1. The summed E-state index contributed by atoms with van der Waals surface area (Å²) < 4.78 is 13.8. The zero-order valence-corrected chi connectivity index (χ0v) is 8.01. The molecule has 0 saturated heterocycles. The second-order valence-corrected chi connectivity index (χ2v) is 5.02. The van der Waals surface area contributed by atoms with Crippen molar-refractivity contribution in [2.24, 2.45) is 17.3 Å². The molecule has 0 spiro atoms. The van der Waals surface area contributed by atoms with Gasteiger partial charge in [-0.3, -0.25) is 4.79 Å². The molecule has 0 aromatic carbocycles. The highest BCUT2D eigenvalue weighted by Gasteiger charge is 2.64. The summed E-state index contributed by atoms with van der Waals surface area (Å²) in [6.07, 6.45) is 2.19. The van der Waals surface area contributed by atoms with Gasteiger partial charge in [0.25, 0.3) is 0 Å². The summed E-state index contributed by atoms with van der Waals surface area (Å²) in [6.45, 7) is 2.79. The zero-order valence-electron chi connectivity index (χ0n) is 8.01. The van der Waals surface area contributed by atoms with Gasteiger partial charge in [0.1, 0.15) is 11.1 Å². The summed E-state index contributed by atoms with van der Waals surface area (Å²) in [6, 6.07) is 0. The van der Waals surface area contributed by atoms with Crippen LogP contribution in [0.4, 0.5) is 4.39 Å². The van der Waals surface area contributed by atoms with Gasteiger partial charge in [0.2, 0.25) is 0 Å². The van der Waals surface area contributed by atoms with E-state index in [2.05, 4.69) is 0 Å². The van der Waals surface area contributed by atoms with E-state index in [-0.39, 0.29) is 0 Å². The molecule has 13 heavy (non-hydrogen) atoms. The largest absolute Gasteiger partial charge is 0.481 e. The third kappa shape index (κ3) is 1.09. The maximum absolute atomic E-state index is 13.8. The molecule has 0 amide bonds. The van der Waals surface area contributed by atoms with Crippen LogP contribution in [0.5, 0.6) is 0 Å². The molecule has 2 saturated carbocycles. The highest BCUT2D eigenvalue weighted by molar-refractivity contribution is 5.77. The van der Waals surface area contributed by atoms with Gasteiger partial charge in [-0.15, -0.1) is 0 Å². The smallest absolute Gasteiger partial charge is 0.312 e. The van der Waals surface area contributed by atoms with Crippen molar-refractivity contribution >= 4 is 5.97 Å². The molecule has 2 rings (SSSR count). The van der Waals surface area contributed by atoms with E-state index in [4.69, 9.17) is 5.11 Å². The van der Waals surface area contributed by atoms with Crippen LogP contribution in [-0.2, 0) is 4.79 Å². The summed E-state index contributed by atoms with van der Waals surface area (Å²) in [5.74, 6) is 0.0319. The minimum Gasteiger partial charge on any atom is -0.481 e. The third-order valence-electron chi connectivity index (χ3n) is 3.84. The molecule has 0 radical (unpaired) electrons. The van der Waals surface area contributed by atoms with Gasteiger partial charge in [0.15, 0.2) is 0 Å². The minimum absolute atomic E-state index is 0.492. The fourth-order valence-corrected chi connectivity index (χ4v) is 2.70. The predicted molar refractivity (Wildman–Crippen MR) is 46.1 cm³/mol. The fraction of sp³-hybridized carbons (Fsp3) is 0.900. The molecule has 1 N–H and O–H groups in total. The maximum atomic E-state index is 13.8. The molecule has 2 aliphatic rings. The zero-order chi connectivity index (χ0) is 9.85. The number of halogens is 1. The average molecular weight is 186 g/mol. The summed E-state index contributed by atoms with van der Waals surface area (Å²) in [5.41, 5.74) is -2.69. The van der Waals surface area contributed by atoms with Crippen LogP contribution in [0, 0.1) is 17.3 Å². The Morgan fingerprint density at radius 2 is 1.92 bits per heavy atom. The summed E-state index contributed by atoms with van der Waals surface area (Å²) in [5, 5.41) is 9.10. The van der Waals surface area contributed by atoms with E-state index in [1.807, 2.05) is 0 Å². The van der Waals surface area contributed by atoms with Gasteiger partial charge in [-0.05, 0) is 44.9 Å². The summed E-state index contributed by atoms with van der Waals surface area (Å²) in [4.78, 5) is 11.1. The van der Waals surface area contributed by atoms with Crippen molar-refractivity contribution in [2.75, 3.05) is 0 Å². The molecule has 0 aromatic heterocycles. The Hall–Kier alpha value is -0.600. The SMILES string of the molecule is CC(C)(F)C1(C(=O)O)CC2CC2C1. The number of aliphatic carboxylic acids is 1. The monoisotopic (exact) mass is 186 g/mol. The molecule has 74 valence electrons. The minimum atomic E-state index is -1.59. The molecular weight excluding hydrogens is 171 g/mol. The number of carboxylic acids is 1. The molecule has 2 nitrogen and oxygen atoms in total. The maximum Gasteiger partial charge on any atom is 0.312 e. The Labute approximate surface area is 77.1 Å². The van der Waals surface area contributed by atoms with Crippen LogP contribution >= 0.6 is 0 Å². The molecule has 0 aromatic rings. The van der Waals surface area contributed by atoms with Gasteiger partial charge in [-0.2, -0.15) is 0 Å². The highest BCUT2D eigenvalue weighted by Crippen LogP contribution is 2.63. The van der Waals surface area contributed by atoms with E-state index >= 15 is 0 Å². The summed E-state index contributed by atoms with van der Waals surface area (Å²) >= 11 is 0. The van der Waals surface area contributed by atoms with Crippen molar-refractivity contribution < 1.29 is 14.3 Å². The number of alkyl halides is 1. The lowest BCUT2D eigenvalue weighted by molar-refractivity contribution is -0.159. The predicted octanol–water partition coefficient (Wildman–Crippen LogP) is 2.24. The van der Waals surface area contributed by atoms with E-state index in [1.165, 1.54) is 13.8 Å². The van der Waals surface area contributed by atoms with Crippen molar-refractivity contribution in [3.05, 3.63) is 0 Å². The Kier molecular flexibility index (Phi) is 1.55. The molecule has 0 heterocycles. The number of rotatable bonds is 2. The second-order valence-electron chi connectivity index (χ2n) is 5.02. The van der Waals surface area contributed by atoms with E-state index in [0.29, 0.717) is 24.7 Å². The van der Waals surface area contributed by atoms with Crippen molar-refractivity contribution in [3.8, 4) is 0 Å². The van der Waals surface area contributed by atoms with Crippen LogP contribution in [0.15, 0.2) is 0 Å². The first-order chi connectivity index (χ1) is 5.87.